The molecule has 0 spiro atoms. The van der Waals surface area contributed by atoms with Crippen molar-refractivity contribution in [1.29, 1.82) is 0 Å². The summed E-state index contributed by atoms with van der Waals surface area (Å²) in [6.45, 7) is -0.277. The van der Waals surface area contributed by atoms with Crippen LogP contribution in [-0.2, 0) is 0 Å². The average Bonchev–Trinajstić information content (AvgIpc) is 2.03. The molecule has 0 radical (unpaired) electrons. The van der Waals surface area contributed by atoms with E-state index >= 15 is 0 Å². The molecule has 0 bridgehead atoms. The van der Waals surface area contributed by atoms with E-state index in [1.54, 1.807) is 24.3 Å². The van der Waals surface area contributed by atoms with E-state index in [2.05, 4.69) is 0 Å². The van der Waals surface area contributed by atoms with Gasteiger partial charge in [-0.3, -0.25) is 0 Å². The summed E-state index contributed by atoms with van der Waals surface area (Å²) in [6, 6.07) is 6.79. The van der Waals surface area contributed by atoms with Crippen LogP contribution in [0.1, 0.15) is 11.7 Å². The first-order valence-electron chi connectivity index (χ1n) is 3.28. The maximum atomic E-state index is 9.15. The molecular formula is C8H9ClO2. The predicted molar refractivity (Wildman–Crippen MR) is 43.5 cm³/mol. The van der Waals surface area contributed by atoms with E-state index in [9.17, 15) is 0 Å². The lowest BCUT2D eigenvalue weighted by molar-refractivity contribution is 0.0956. The smallest absolute Gasteiger partial charge is 0.102 e. The summed E-state index contributed by atoms with van der Waals surface area (Å²) in [4.78, 5) is 0. The van der Waals surface area contributed by atoms with E-state index < -0.39 is 6.10 Å². The van der Waals surface area contributed by atoms with Gasteiger partial charge >= 0.3 is 0 Å². The molecule has 0 unspecified atom stereocenters. The quantitative estimate of drug-likeness (QED) is 0.708. The van der Waals surface area contributed by atoms with Gasteiger partial charge in [-0.05, 0) is 17.7 Å². The Hall–Kier alpha value is -0.570. The monoisotopic (exact) mass is 172 g/mol. The minimum atomic E-state index is -0.825. The van der Waals surface area contributed by atoms with Crippen LogP contribution in [-0.4, -0.2) is 16.8 Å². The second kappa shape index (κ2) is 3.72. The normalized spacial score (nSPS) is 13.0. The molecule has 1 rings (SSSR count). The fourth-order valence-corrected chi connectivity index (χ4v) is 1.02. The number of halogens is 1. The first kappa shape index (κ1) is 8.53. The second-order valence-corrected chi connectivity index (χ2v) is 2.69. The maximum Gasteiger partial charge on any atom is 0.102 e. The molecule has 60 valence electrons. The number of benzene rings is 1. The van der Waals surface area contributed by atoms with E-state index in [1.165, 1.54) is 0 Å². The summed E-state index contributed by atoms with van der Waals surface area (Å²) in [7, 11) is 0. The number of hydrogen-bond donors (Lipinski definition) is 2. The molecule has 11 heavy (non-hydrogen) atoms. The summed E-state index contributed by atoms with van der Waals surface area (Å²) in [5.41, 5.74) is 0.639. The fourth-order valence-electron chi connectivity index (χ4n) is 0.819. The largest absolute Gasteiger partial charge is 0.393 e. The highest BCUT2D eigenvalue weighted by Gasteiger charge is 2.04. The van der Waals surface area contributed by atoms with Crippen molar-refractivity contribution in [2.75, 3.05) is 6.61 Å². The molecule has 2 N–H and O–H groups in total. The van der Waals surface area contributed by atoms with Crippen LogP contribution in [0.25, 0.3) is 0 Å². The van der Waals surface area contributed by atoms with Crippen molar-refractivity contribution in [3.05, 3.63) is 34.9 Å². The Labute approximate surface area is 70.1 Å². The third-order valence-corrected chi connectivity index (χ3v) is 1.64. The SMILES string of the molecule is OC[C@@H](O)c1cccc(Cl)c1. The first-order valence-corrected chi connectivity index (χ1v) is 3.66. The van der Waals surface area contributed by atoms with Crippen LogP contribution in [0.5, 0.6) is 0 Å². The lowest BCUT2D eigenvalue weighted by Crippen LogP contribution is -2.01. The van der Waals surface area contributed by atoms with Gasteiger partial charge in [-0.2, -0.15) is 0 Å². The Bertz CT molecular complexity index is 237. The van der Waals surface area contributed by atoms with Gasteiger partial charge in [-0.1, -0.05) is 23.7 Å². The molecule has 1 aromatic carbocycles. The Morgan fingerprint density at radius 2 is 2.18 bits per heavy atom. The van der Waals surface area contributed by atoms with Gasteiger partial charge in [-0.15, -0.1) is 0 Å². The molecule has 2 nitrogen and oxygen atoms in total. The Morgan fingerprint density at radius 1 is 1.45 bits per heavy atom. The molecule has 0 saturated heterocycles. The molecule has 3 heteroatoms. The summed E-state index contributed by atoms with van der Waals surface area (Å²) in [5, 5.41) is 18.3. The fraction of sp³-hybridized carbons (Fsp3) is 0.250. The number of rotatable bonds is 2. The van der Waals surface area contributed by atoms with Gasteiger partial charge in [0.15, 0.2) is 0 Å². The van der Waals surface area contributed by atoms with E-state index in [0.29, 0.717) is 10.6 Å². The second-order valence-electron chi connectivity index (χ2n) is 2.25. The van der Waals surface area contributed by atoms with Gasteiger partial charge in [0.2, 0.25) is 0 Å². The number of hydrogen-bond acceptors (Lipinski definition) is 2. The van der Waals surface area contributed by atoms with Gasteiger partial charge in [-0.25, -0.2) is 0 Å². The summed E-state index contributed by atoms with van der Waals surface area (Å²) in [5.74, 6) is 0. The topological polar surface area (TPSA) is 40.5 Å². The molecule has 1 aromatic rings. The predicted octanol–water partition coefficient (Wildman–Crippen LogP) is 1.37. The lowest BCUT2D eigenvalue weighted by atomic mass is 10.1. The van der Waals surface area contributed by atoms with Gasteiger partial charge in [0.1, 0.15) is 6.10 Å². The summed E-state index contributed by atoms with van der Waals surface area (Å²) in [6.07, 6.45) is -0.825. The molecule has 0 aliphatic rings. The van der Waals surface area contributed by atoms with Crippen molar-refractivity contribution in [2.24, 2.45) is 0 Å². The highest BCUT2D eigenvalue weighted by Crippen LogP contribution is 2.16. The molecule has 0 heterocycles. The van der Waals surface area contributed by atoms with Crippen molar-refractivity contribution in [3.63, 3.8) is 0 Å². The van der Waals surface area contributed by atoms with Crippen LogP contribution >= 0.6 is 11.6 Å². The highest BCUT2D eigenvalue weighted by molar-refractivity contribution is 6.30. The van der Waals surface area contributed by atoms with Gasteiger partial charge in [0.05, 0.1) is 6.61 Å². The van der Waals surface area contributed by atoms with E-state index in [4.69, 9.17) is 21.8 Å². The zero-order valence-electron chi connectivity index (χ0n) is 5.87. The molecular weight excluding hydrogens is 164 g/mol. The zero-order chi connectivity index (χ0) is 8.27. The molecule has 0 amide bonds. The lowest BCUT2D eigenvalue weighted by Gasteiger charge is -2.06. The molecule has 0 aliphatic carbocycles. The zero-order valence-corrected chi connectivity index (χ0v) is 6.62. The van der Waals surface area contributed by atoms with Crippen LogP contribution in [0.2, 0.25) is 5.02 Å². The minimum absolute atomic E-state index is 0.277. The standard InChI is InChI=1S/C8H9ClO2/c9-7-3-1-2-6(4-7)8(11)5-10/h1-4,8,10-11H,5H2/t8-/m1/s1. The first-order chi connectivity index (χ1) is 5.24. The van der Waals surface area contributed by atoms with Crippen molar-refractivity contribution < 1.29 is 10.2 Å². The van der Waals surface area contributed by atoms with Gasteiger partial charge < -0.3 is 10.2 Å². The Morgan fingerprint density at radius 3 is 2.73 bits per heavy atom. The molecule has 0 fully saturated rings. The van der Waals surface area contributed by atoms with Crippen molar-refractivity contribution in [1.82, 2.24) is 0 Å². The number of aliphatic hydroxyl groups is 2. The maximum absolute atomic E-state index is 9.15. The van der Waals surface area contributed by atoms with Crippen LogP contribution in [0.4, 0.5) is 0 Å². The number of aliphatic hydroxyl groups excluding tert-OH is 2. The minimum Gasteiger partial charge on any atom is -0.393 e. The van der Waals surface area contributed by atoms with Crippen molar-refractivity contribution in [2.45, 2.75) is 6.10 Å². The molecule has 0 aliphatic heterocycles. The highest BCUT2D eigenvalue weighted by atomic mass is 35.5. The molecule has 1 atom stereocenters. The van der Waals surface area contributed by atoms with E-state index in [0.717, 1.165) is 0 Å². The summed E-state index contributed by atoms with van der Waals surface area (Å²) < 4.78 is 0. The van der Waals surface area contributed by atoms with Crippen LogP contribution < -0.4 is 0 Å². The average molecular weight is 173 g/mol. The van der Waals surface area contributed by atoms with Gasteiger partial charge in [0.25, 0.3) is 0 Å². The third kappa shape index (κ3) is 2.19. The Kier molecular flexibility index (Phi) is 2.88. The Balaban J connectivity index is 2.86. The van der Waals surface area contributed by atoms with E-state index in [-0.39, 0.29) is 6.61 Å². The van der Waals surface area contributed by atoms with Crippen LogP contribution in [0.3, 0.4) is 0 Å². The van der Waals surface area contributed by atoms with Crippen molar-refractivity contribution >= 4 is 11.6 Å². The summed E-state index contributed by atoms with van der Waals surface area (Å²) >= 11 is 5.65. The molecule has 0 saturated carbocycles. The van der Waals surface area contributed by atoms with E-state index in [1.807, 2.05) is 0 Å². The third-order valence-electron chi connectivity index (χ3n) is 1.41. The van der Waals surface area contributed by atoms with Crippen LogP contribution in [0.15, 0.2) is 24.3 Å². The molecule has 0 aromatic heterocycles. The van der Waals surface area contributed by atoms with Gasteiger partial charge in [0, 0.05) is 5.02 Å². The van der Waals surface area contributed by atoms with Crippen LogP contribution in [0, 0.1) is 0 Å². The van der Waals surface area contributed by atoms with Crippen molar-refractivity contribution in [3.8, 4) is 0 Å².